The van der Waals surface area contributed by atoms with Gasteiger partial charge in [-0.05, 0) is 30.5 Å². The third-order valence-corrected chi connectivity index (χ3v) is 3.65. The van der Waals surface area contributed by atoms with Crippen LogP contribution in [0.5, 0.6) is 5.75 Å². The van der Waals surface area contributed by atoms with Crippen LogP contribution in [0.3, 0.4) is 0 Å². The summed E-state index contributed by atoms with van der Waals surface area (Å²) < 4.78 is 5.78. The number of hydrogen-bond donors (Lipinski definition) is 0. The normalized spacial score (nSPS) is 12.4. The molecule has 0 fully saturated rings. The zero-order valence-electron chi connectivity index (χ0n) is 10.2. The van der Waals surface area contributed by atoms with Gasteiger partial charge in [0.15, 0.2) is 0 Å². The van der Waals surface area contributed by atoms with Crippen LogP contribution in [0.15, 0.2) is 24.3 Å². The van der Waals surface area contributed by atoms with Crippen molar-refractivity contribution in [2.24, 2.45) is 5.92 Å². The van der Waals surface area contributed by atoms with Crippen molar-refractivity contribution in [2.45, 2.75) is 33.1 Å². The molecule has 1 rings (SSSR count). The molecule has 0 bridgehead atoms. The molecular weight excluding hydrogens is 264 g/mol. The Labute approximate surface area is 107 Å². The van der Waals surface area contributed by atoms with Gasteiger partial charge in [0.1, 0.15) is 5.75 Å². The lowest BCUT2D eigenvalue weighted by Crippen LogP contribution is -2.13. The topological polar surface area (TPSA) is 9.23 Å². The number of hydrogen-bond acceptors (Lipinski definition) is 1. The van der Waals surface area contributed by atoms with Crippen molar-refractivity contribution >= 4 is 15.9 Å². The smallest absolute Gasteiger partial charge is 0.119 e. The highest BCUT2D eigenvalue weighted by Gasteiger charge is 2.06. The number of alkyl halides is 1. The lowest BCUT2D eigenvalue weighted by atomic mass is 10.1. The Morgan fingerprint density at radius 2 is 1.88 bits per heavy atom. The maximum Gasteiger partial charge on any atom is 0.119 e. The van der Waals surface area contributed by atoms with Gasteiger partial charge in [0.05, 0.1) is 6.61 Å². The first-order valence-electron chi connectivity index (χ1n) is 6.07. The minimum absolute atomic E-state index is 0.621. The van der Waals surface area contributed by atoms with E-state index in [1.807, 2.05) is 0 Å². The van der Waals surface area contributed by atoms with Crippen LogP contribution in [0.1, 0.15) is 32.3 Å². The Morgan fingerprint density at radius 3 is 2.38 bits per heavy atom. The van der Waals surface area contributed by atoms with Crippen molar-refractivity contribution in [3.63, 3.8) is 0 Å². The summed E-state index contributed by atoms with van der Waals surface area (Å²) in [6.07, 6.45) is 3.52. The summed E-state index contributed by atoms with van der Waals surface area (Å²) in [4.78, 5) is 0. The van der Waals surface area contributed by atoms with Gasteiger partial charge in [-0.1, -0.05) is 48.3 Å². The molecule has 0 aliphatic carbocycles. The largest absolute Gasteiger partial charge is 0.493 e. The summed E-state index contributed by atoms with van der Waals surface area (Å²) in [5.74, 6) is 1.61. The van der Waals surface area contributed by atoms with Crippen molar-refractivity contribution in [1.82, 2.24) is 0 Å². The molecule has 16 heavy (non-hydrogen) atoms. The van der Waals surface area contributed by atoms with Crippen LogP contribution in [0.4, 0.5) is 0 Å². The minimum Gasteiger partial charge on any atom is -0.493 e. The predicted octanol–water partition coefficient (Wildman–Crippen LogP) is 4.44. The highest BCUT2D eigenvalue weighted by atomic mass is 79.9. The summed E-state index contributed by atoms with van der Waals surface area (Å²) in [6, 6.07) is 8.41. The predicted molar refractivity (Wildman–Crippen MR) is 73.5 cm³/mol. The van der Waals surface area contributed by atoms with Crippen LogP contribution in [0.25, 0.3) is 0 Å². The van der Waals surface area contributed by atoms with Crippen LogP contribution >= 0.6 is 15.9 Å². The fourth-order valence-corrected chi connectivity index (χ4v) is 2.16. The van der Waals surface area contributed by atoms with E-state index in [4.69, 9.17) is 4.74 Å². The fourth-order valence-electron chi connectivity index (χ4n) is 1.65. The van der Waals surface area contributed by atoms with Crippen molar-refractivity contribution < 1.29 is 4.74 Å². The van der Waals surface area contributed by atoms with Crippen molar-refractivity contribution in [3.8, 4) is 5.75 Å². The lowest BCUT2D eigenvalue weighted by Gasteiger charge is -2.14. The van der Waals surface area contributed by atoms with E-state index in [1.165, 1.54) is 18.4 Å². The Hall–Kier alpha value is -0.500. The Balaban J connectivity index is 2.40. The van der Waals surface area contributed by atoms with E-state index in [2.05, 4.69) is 54.0 Å². The molecule has 0 saturated heterocycles. The monoisotopic (exact) mass is 284 g/mol. The van der Waals surface area contributed by atoms with E-state index < -0.39 is 0 Å². The number of benzene rings is 1. The van der Waals surface area contributed by atoms with Crippen molar-refractivity contribution in [1.29, 1.82) is 0 Å². The second-order valence-corrected chi connectivity index (χ2v) is 4.76. The van der Waals surface area contributed by atoms with Gasteiger partial charge in [0, 0.05) is 11.2 Å². The summed E-state index contributed by atoms with van der Waals surface area (Å²) in [5.41, 5.74) is 1.36. The van der Waals surface area contributed by atoms with Crippen LogP contribution in [0, 0.1) is 5.92 Å². The Morgan fingerprint density at radius 1 is 1.19 bits per heavy atom. The maximum atomic E-state index is 5.78. The second-order valence-electron chi connectivity index (χ2n) is 4.12. The molecule has 0 aliphatic rings. The number of ether oxygens (including phenoxy) is 1. The molecule has 1 unspecified atom stereocenters. The SMILES string of the molecule is CCCC(CBr)COc1ccc(CC)cc1. The van der Waals surface area contributed by atoms with E-state index in [0.29, 0.717) is 5.92 Å². The van der Waals surface area contributed by atoms with Crippen LogP contribution in [0.2, 0.25) is 0 Å². The molecule has 1 atom stereocenters. The lowest BCUT2D eigenvalue weighted by molar-refractivity contribution is 0.255. The number of aryl methyl sites for hydroxylation is 1. The molecule has 1 aromatic carbocycles. The van der Waals surface area contributed by atoms with E-state index in [9.17, 15) is 0 Å². The molecule has 0 amide bonds. The quantitative estimate of drug-likeness (QED) is 0.673. The molecule has 1 aromatic rings. The van der Waals surface area contributed by atoms with Gasteiger partial charge < -0.3 is 4.74 Å². The molecule has 0 aromatic heterocycles. The second kappa shape index (κ2) is 7.72. The third kappa shape index (κ3) is 4.56. The van der Waals surface area contributed by atoms with Gasteiger partial charge in [-0.25, -0.2) is 0 Å². The van der Waals surface area contributed by atoms with Gasteiger partial charge in [0.25, 0.3) is 0 Å². The molecule has 0 N–H and O–H groups in total. The zero-order chi connectivity index (χ0) is 11.8. The summed E-state index contributed by atoms with van der Waals surface area (Å²) in [6.45, 7) is 5.19. The number of halogens is 1. The van der Waals surface area contributed by atoms with E-state index >= 15 is 0 Å². The minimum atomic E-state index is 0.621. The van der Waals surface area contributed by atoms with E-state index in [-0.39, 0.29) is 0 Å². The van der Waals surface area contributed by atoms with Crippen molar-refractivity contribution in [3.05, 3.63) is 29.8 Å². The van der Waals surface area contributed by atoms with Gasteiger partial charge in [0.2, 0.25) is 0 Å². The molecule has 2 heteroatoms. The summed E-state index contributed by atoms with van der Waals surface area (Å²) in [7, 11) is 0. The first-order valence-corrected chi connectivity index (χ1v) is 7.20. The average molecular weight is 285 g/mol. The van der Waals surface area contributed by atoms with Gasteiger partial charge in [-0.3, -0.25) is 0 Å². The van der Waals surface area contributed by atoms with E-state index in [0.717, 1.165) is 24.1 Å². The van der Waals surface area contributed by atoms with Crippen LogP contribution < -0.4 is 4.74 Å². The molecule has 0 saturated carbocycles. The average Bonchev–Trinajstić information content (AvgIpc) is 2.35. The van der Waals surface area contributed by atoms with Gasteiger partial charge >= 0.3 is 0 Å². The highest BCUT2D eigenvalue weighted by molar-refractivity contribution is 9.09. The third-order valence-electron chi connectivity index (χ3n) is 2.73. The fraction of sp³-hybridized carbons (Fsp3) is 0.571. The first kappa shape index (κ1) is 13.6. The van der Waals surface area contributed by atoms with Gasteiger partial charge in [-0.2, -0.15) is 0 Å². The first-order chi connectivity index (χ1) is 7.80. The Kier molecular flexibility index (Phi) is 6.55. The summed E-state index contributed by atoms with van der Waals surface area (Å²) >= 11 is 3.53. The summed E-state index contributed by atoms with van der Waals surface area (Å²) in [5, 5.41) is 1.02. The molecule has 90 valence electrons. The van der Waals surface area contributed by atoms with Gasteiger partial charge in [-0.15, -0.1) is 0 Å². The van der Waals surface area contributed by atoms with Crippen molar-refractivity contribution in [2.75, 3.05) is 11.9 Å². The molecule has 0 aliphatic heterocycles. The van der Waals surface area contributed by atoms with E-state index in [1.54, 1.807) is 0 Å². The molecule has 1 nitrogen and oxygen atoms in total. The molecule has 0 radical (unpaired) electrons. The Bertz CT molecular complexity index is 281. The zero-order valence-corrected chi connectivity index (χ0v) is 11.8. The van der Waals surface area contributed by atoms with Crippen LogP contribution in [-0.4, -0.2) is 11.9 Å². The standard InChI is InChI=1S/C14H21BrO/c1-3-5-13(10-15)11-16-14-8-6-12(4-2)7-9-14/h6-9,13H,3-5,10-11H2,1-2H3. The molecule has 0 heterocycles. The highest BCUT2D eigenvalue weighted by Crippen LogP contribution is 2.16. The van der Waals surface area contributed by atoms with Crippen LogP contribution in [-0.2, 0) is 6.42 Å². The molecule has 0 spiro atoms. The molecular formula is C14H21BrO. The number of rotatable bonds is 7. The maximum absolute atomic E-state index is 5.78.